The Labute approximate surface area is 208 Å². The lowest BCUT2D eigenvalue weighted by Crippen LogP contribution is -2.58. The van der Waals surface area contributed by atoms with Crippen molar-refractivity contribution < 1.29 is 0 Å². The van der Waals surface area contributed by atoms with Gasteiger partial charge in [-0.25, -0.2) is 4.98 Å². The molecule has 2 N–H and O–H groups in total. The average molecular weight is 466 g/mol. The molecule has 1 aromatic heterocycles. The highest BCUT2D eigenvalue weighted by Gasteiger charge is 2.42. The van der Waals surface area contributed by atoms with Gasteiger partial charge in [-0.3, -0.25) is 5.32 Å². The zero-order valence-corrected chi connectivity index (χ0v) is 21.1. The molecule has 1 unspecified atom stereocenters. The van der Waals surface area contributed by atoms with Crippen molar-refractivity contribution in [2.24, 2.45) is 5.92 Å². The molecule has 4 aromatic rings. The summed E-state index contributed by atoms with van der Waals surface area (Å²) in [7, 11) is 2.02. The van der Waals surface area contributed by atoms with E-state index in [0.717, 1.165) is 36.7 Å². The quantitative estimate of drug-likeness (QED) is 0.323. The molecular formula is C30H35N5. The summed E-state index contributed by atoms with van der Waals surface area (Å²) in [6.45, 7) is 9.24. The Morgan fingerprint density at radius 2 is 1.46 bits per heavy atom. The first-order chi connectivity index (χ1) is 17.0. The predicted octanol–water partition coefficient (Wildman–Crippen LogP) is 6.22. The number of anilines is 3. The lowest BCUT2D eigenvalue weighted by atomic mass is 10.1. The summed E-state index contributed by atoms with van der Waals surface area (Å²) in [4.78, 5) is 10.1. The van der Waals surface area contributed by atoms with Crippen LogP contribution >= 0.6 is 0 Å². The molecule has 3 aromatic carbocycles. The molecule has 0 amide bonds. The Morgan fingerprint density at radius 1 is 0.886 bits per heavy atom. The Kier molecular flexibility index (Phi) is 6.35. The molecule has 0 radical (unpaired) electrons. The average Bonchev–Trinajstić information content (AvgIpc) is 3.17. The Balaban J connectivity index is 1.70. The van der Waals surface area contributed by atoms with Crippen LogP contribution in [0.5, 0.6) is 0 Å². The highest BCUT2D eigenvalue weighted by molar-refractivity contribution is 6.05. The number of nitrogens with one attached hydrogen (secondary N) is 2. The Bertz CT molecular complexity index is 1250. The second-order valence-corrected chi connectivity index (χ2v) is 9.96. The van der Waals surface area contributed by atoms with Crippen LogP contribution in [0.2, 0.25) is 0 Å². The molecule has 5 nitrogen and oxygen atoms in total. The number of hydrogen-bond acceptors (Lipinski definition) is 5. The van der Waals surface area contributed by atoms with Crippen molar-refractivity contribution in [2.45, 2.75) is 39.6 Å². The van der Waals surface area contributed by atoms with Gasteiger partial charge in [0.25, 0.3) is 0 Å². The van der Waals surface area contributed by atoms with Gasteiger partial charge in [-0.2, -0.15) is 0 Å². The number of benzene rings is 3. The topological polar surface area (TPSA) is 43.4 Å². The summed E-state index contributed by atoms with van der Waals surface area (Å²) in [6.07, 6.45) is 0. The van der Waals surface area contributed by atoms with E-state index in [1.165, 1.54) is 22.2 Å². The van der Waals surface area contributed by atoms with Crippen molar-refractivity contribution >= 4 is 28.1 Å². The molecule has 180 valence electrons. The molecule has 0 aliphatic carbocycles. The summed E-state index contributed by atoms with van der Waals surface area (Å²) in [5.74, 6) is 1.09. The molecule has 2 heterocycles. The second-order valence-electron chi connectivity index (χ2n) is 9.96. The standard InChI is InChI=1S/C30H35N5/c1-22(2)19-35-28-25-17-11-12-18-26(25)32-29(27(28)33-30(35,3)31-4)34(20-23-13-7-5-8-14-23)21-24-15-9-6-10-16-24/h5-18,22,31,33H,19-21H2,1-4H3. The third-order valence-corrected chi connectivity index (χ3v) is 6.79. The molecular weight excluding hydrogens is 430 g/mol. The molecule has 1 aliphatic heterocycles. The van der Waals surface area contributed by atoms with Crippen LogP contribution in [0.3, 0.4) is 0 Å². The van der Waals surface area contributed by atoms with Gasteiger partial charge in [-0.05, 0) is 37.1 Å². The molecule has 1 atom stereocenters. The van der Waals surface area contributed by atoms with Crippen molar-refractivity contribution in [3.63, 3.8) is 0 Å². The fraction of sp³-hybridized carbons (Fsp3) is 0.300. The fourth-order valence-corrected chi connectivity index (χ4v) is 4.99. The van der Waals surface area contributed by atoms with E-state index in [0.29, 0.717) is 5.92 Å². The maximum atomic E-state index is 5.26. The minimum atomic E-state index is -0.404. The van der Waals surface area contributed by atoms with Crippen LogP contribution in [0.15, 0.2) is 84.9 Å². The third kappa shape index (κ3) is 4.56. The van der Waals surface area contributed by atoms with Gasteiger partial charge < -0.3 is 15.1 Å². The first-order valence-corrected chi connectivity index (χ1v) is 12.5. The van der Waals surface area contributed by atoms with Crippen LogP contribution in [-0.4, -0.2) is 24.4 Å². The van der Waals surface area contributed by atoms with Crippen LogP contribution in [-0.2, 0) is 13.1 Å². The summed E-state index contributed by atoms with van der Waals surface area (Å²) in [5, 5.41) is 8.56. The highest BCUT2D eigenvalue weighted by Crippen LogP contribution is 2.48. The maximum absolute atomic E-state index is 5.26. The zero-order chi connectivity index (χ0) is 24.4. The van der Waals surface area contributed by atoms with Crippen LogP contribution in [0.25, 0.3) is 10.9 Å². The normalized spacial score (nSPS) is 17.0. The van der Waals surface area contributed by atoms with E-state index in [9.17, 15) is 0 Å². The van der Waals surface area contributed by atoms with Gasteiger partial charge in [-0.1, -0.05) is 92.7 Å². The van der Waals surface area contributed by atoms with Crippen LogP contribution in [0.4, 0.5) is 17.2 Å². The molecule has 35 heavy (non-hydrogen) atoms. The number of fused-ring (bicyclic) bond motifs is 3. The molecule has 0 saturated heterocycles. The molecule has 0 bridgehead atoms. The smallest absolute Gasteiger partial charge is 0.163 e. The Morgan fingerprint density at radius 3 is 2.03 bits per heavy atom. The van der Waals surface area contributed by atoms with E-state index in [2.05, 4.69) is 126 Å². The summed E-state index contributed by atoms with van der Waals surface area (Å²) >= 11 is 0. The van der Waals surface area contributed by atoms with Crippen LogP contribution < -0.4 is 20.4 Å². The fourth-order valence-electron chi connectivity index (χ4n) is 4.99. The predicted molar refractivity (Wildman–Crippen MR) is 148 cm³/mol. The first kappa shape index (κ1) is 23.2. The van der Waals surface area contributed by atoms with E-state index in [1.54, 1.807) is 0 Å². The number of hydrogen-bond donors (Lipinski definition) is 2. The molecule has 0 spiro atoms. The van der Waals surface area contributed by atoms with Gasteiger partial charge >= 0.3 is 0 Å². The second kappa shape index (κ2) is 9.59. The van der Waals surface area contributed by atoms with Gasteiger partial charge in [0.1, 0.15) is 5.69 Å². The van der Waals surface area contributed by atoms with E-state index < -0.39 is 5.79 Å². The molecule has 0 saturated carbocycles. The minimum Gasteiger partial charge on any atom is -0.346 e. The monoisotopic (exact) mass is 465 g/mol. The molecule has 5 heteroatoms. The maximum Gasteiger partial charge on any atom is 0.163 e. The van der Waals surface area contributed by atoms with Crippen LogP contribution in [0, 0.1) is 5.92 Å². The Hall–Kier alpha value is -3.57. The van der Waals surface area contributed by atoms with Gasteiger partial charge in [0.05, 0.1) is 11.2 Å². The van der Waals surface area contributed by atoms with Crippen molar-refractivity contribution in [3.05, 3.63) is 96.1 Å². The highest BCUT2D eigenvalue weighted by atomic mass is 15.5. The van der Waals surface area contributed by atoms with E-state index in [4.69, 9.17) is 4.98 Å². The number of pyridine rings is 1. The SMILES string of the molecule is CNC1(C)Nc2c(N(Cc3ccccc3)Cc3ccccc3)nc3ccccc3c2N1CC(C)C. The number of rotatable bonds is 8. The summed E-state index contributed by atoms with van der Waals surface area (Å²) in [5.41, 5.74) is 5.86. The summed E-state index contributed by atoms with van der Waals surface area (Å²) < 4.78 is 0. The van der Waals surface area contributed by atoms with Gasteiger partial charge in [0, 0.05) is 25.0 Å². The van der Waals surface area contributed by atoms with E-state index >= 15 is 0 Å². The molecule has 1 aliphatic rings. The lowest BCUT2D eigenvalue weighted by molar-refractivity contribution is 0.406. The van der Waals surface area contributed by atoms with Crippen molar-refractivity contribution in [1.82, 2.24) is 10.3 Å². The van der Waals surface area contributed by atoms with Gasteiger partial charge in [0.15, 0.2) is 11.6 Å². The third-order valence-electron chi connectivity index (χ3n) is 6.79. The number of aromatic nitrogens is 1. The van der Waals surface area contributed by atoms with Crippen molar-refractivity contribution in [1.29, 1.82) is 0 Å². The zero-order valence-electron chi connectivity index (χ0n) is 21.1. The number of para-hydroxylation sites is 1. The van der Waals surface area contributed by atoms with E-state index in [1.807, 2.05) is 7.05 Å². The largest absolute Gasteiger partial charge is 0.346 e. The van der Waals surface area contributed by atoms with Gasteiger partial charge in [-0.15, -0.1) is 0 Å². The van der Waals surface area contributed by atoms with Crippen molar-refractivity contribution in [3.8, 4) is 0 Å². The molecule has 0 fully saturated rings. The number of nitrogens with zero attached hydrogens (tertiary/aromatic N) is 3. The van der Waals surface area contributed by atoms with E-state index in [-0.39, 0.29) is 0 Å². The molecule has 5 rings (SSSR count). The first-order valence-electron chi connectivity index (χ1n) is 12.5. The minimum absolute atomic E-state index is 0.404. The lowest BCUT2D eigenvalue weighted by Gasteiger charge is -2.38. The van der Waals surface area contributed by atoms with Crippen LogP contribution in [0.1, 0.15) is 31.9 Å². The summed E-state index contributed by atoms with van der Waals surface area (Å²) in [6, 6.07) is 29.8. The van der Waals surface area contributed by atoms with Crippen molar-refractivity contribution in [2.75, 3.05) is 28.7 Å². The van der Waals surface area contributed by atoms with Gasteiger partial charge in [0.2, 0.25) is 0 Å².